The van der Waals surface area contributed by atoms with Crippen LogP contribution in [0.5, 0.6) is 0 Å². The Morgan fingerprint density at radius 1 is 1.38 bits per heavy atom. The minimum absolute atomic E-state index is 0.00828. The van der Waals surface area contributed by atoms with Crippen molar-refractivity contribution in [2.24, 2.45) is 0 Å². The first-order valence-electron chi connectivity index (χ1n) is 4.01. The molecule has 1 atom stereocenters. The van der Waals surface area contributed by atoms with Crippen LogP contribution in [0.1, 0.15) is 5.56 Å². The Labute approximate surface area is 76.4 Å². The van der Waals surface area contributed by atoms with Crippen LogP contribution in [0.25, 0.3) is 0 Å². The molecule has 0 amide bonds. The third-order valence-electron chi connectivity index (χ3n) is 2.07. The number of benzene rings is 1. The number of rotatable bonds is 1. The Kier molecular flexibility index (Phi) is 1.65. The van der Waals surface area contributed by atoms with Crippen molar-refractivity contribution in [2.45, 2.75) is 6.04 Å². The van der Waals surface area contributed by atoms with E-state index >= 15 is 0 Å². The molecule has 0 N–H and O–H groups in total. The summed E-state index contributed by atoms with van der Waals surface area (Å²) in [5.41, 5.74) is 1.60. The highest BCUT2D eigenvalue weighted by atomic mass is 15.3. The van der Waals surface area contributed by atoms with E-state index < -0.39 is 0 Å². The lowest BCUT2D eigenvalue weighted by Crippen LogP contribution is -1.96. The molecule has 2 rings (SSSR count). The van der Waals surface area contributed by atoms with Gasteiger partial charge in [-0.3, -0.25) is 0 Å². The highest BCUT2D eigenvalue weighted by molar-refractivity contribution is 5.59. The molecule has 0 radical (unpaired) electrons. The standard InChI is InChI=1S/C10H7N3/c11-5-8-2-1-3-9(4-8)13-7-10(13)6-12/h1-4,10H,7H2. The second-order valence-corrected chi connectivity index (χ2v) is 2.96. The number of hydrogen-bond acceptors (Lipinski definition) is 3. The van der Waals surface area contributed by atoms with Crippen molar-refractivity contribution < 1.29 is 0 Å². The van der Waals surface area contributed by atoms with Crippen LogP contribution in [0.3, 0.4) is 0 Å². The molecular weight excluding hydrogens is 162 g/mol. The van der Waals surface area contributed by atoms with Gasteiger partial charge < -0.3 is 4.90 Å². The lowest BCUT2D eigenvalue weighted by atomic mass is 10.2. The van der Waals surface area contributed by atoms with Crippen molar-refractivity contribution in [3.8, 4) is 12.1 Å². The Hall–Kier alpha value is -2.00. The van der Waals surface area contributed by atoms with E-state index in [2.05, 4.69) is 12.1 Å². The van der Waals surface area contributed by atoms with Gasteiger partial charge in [0.1, 0.15) is 6.04 Å². The molecule has 0 bridgehead atoms. The zero-order valence-electron chi connectivity index (χ0n) is 6.94. The quantitative estimate of drug-likeness (QED) is 0.595. The summed E-state index contributed by atoms with van der Waals surface area (Å²) >= 11 is 0. The molecule has 1 aromatic rings. The fraction of sp³-hybridized carbons (Fsp3) is 0.200. The van der Waals surface area contributed by atoms with Crippen LogP contribution < -0.4 is 4.90 Å². The lowest BCUT2D eigenvalue weighted by molar-refractivity contribution is 1.26. The van der Waals surface area contributed by atoms with Crippen LogP contribution in [-0.2, 0) is 0 Å². The molecule has 1 aliphatic heterocycles. The largest absolute Gasteiger partial charge is 0.351 e. The van der Waals surface area contributed by atoms with E-state index in [0.717, 1.165) is 12.2 Å². The van der Waals surface area contributed by atoms with E-state index in [1.807, 2.05) is 17.0 Å². The molecular formula is C10H7N3. The van der Waals surface area contributed by atoms with Crippen LogP contribution in [-0.4, -0.2) is 12.6 Å². The van der Waals surface area contributed by atoms with Gasteiger partial charge in [0, 0.05) is 5.69 Å². The Morgan fingerprint density at radius 2 is 2.23 bits per heavy atom. The van der Waals surface area contributed by atoms with Gasteiger partial charge in [0.05, 0.1) is 24.2 Å². The average molecular weight is 169 g/mol. The summed E-state index contributed by atoms with van der Waals surface area (Å²) in [6.45, 7) is 0.783. The molecule has 1 aromatic carbocycles. The molecule has 1 saturated heterocycles. The maximum Gasteiger partial charge on any atom is 0.134 e. The van der Waals surface area contributed by atoms with Gasteiger partial charge in [-0.05, 0) is 18.2 Å². The predicted molar refractivity (Wildman–Crippen MR) is 47.9 cm³/mol. The van der Waals surface area contributed by atoms with Gasteiger partial charge >= 0.3 is 0 Å². The topological polar surface area (TPSA) is 50.6 Å². The van der Waals surface area contributed by atoms with Gasteiger partial charge in [0.25, 0.3) is 0 Å². The maximum atomic E-state index is 8.65. The molecule has 1 heterocycles. The molecule has 1 unspecified atom stereocenters. The number of nitriles is 2. The average Bonchev–Trinajstić information content (AvgIpc) is 2.97. The third kappa shape index (κ3) is 1.32. The van der Waals surface area contributed by atoms with Crippen LogP contribution in [0.2, 0.25) is 0 Å². The molecule has 3 heteroatoms. The summed E-state index contributed by atoms with van der Waals surface area (Å²) in [5, 5.41) is 17.3. The smallest absolute Gasteiger partial charge is 0.134 e. The maximum absolute atomic E-state index is 8.65. The molecule has 1 fully saturated rings. The summed E-state index contributed by atoms with van der Waals surface area (Å²) in [4.78, 5) is 1.96. The van der Waals surface area contributed by atoms with Crippen molar-refractivity contribution in [3.05, 3.63) is 29.8 Å². The second-order valence-electron chi connectivity index (χ2n) is 2.96. The summed E-state index contributed by atoms with van der Waals surface area (Å²) in [5.74, 6) is 0. The van der Waals surface area contributed by atoms with Crippen LogP contribution in [0.4, 0.5) is 5.69 Å². The summed E-state index contributed by atoms with van der Waals surface area (Å²) < 4.78 is 0. The first-order chi connectivity index (χ1) is 6.35. The molecule has 0 aromatic heterocycles. The molecule has 0 saturated carbocycles. The highest BCUT2D eigenvalue weighted by Crippen LogP contribution is 2.27. The van der Waals surface area contributed by atoms with E-state index in [9.17, 15) is 0 Å². The number of nitrogens with zero attached hydrogens (tertiary/aromatic N) is 3. The molecule has 3 nitrogen and oxygen atoms in total. The molecule has 62 valence electrons. The van der Waals surface area contributed by atoms with Crippen LogP contribution in [0, 0.1) is 22.7 Å². The molecule has 0 spiro atoms. The summed E-state index contributed by atoms with van der Waals surface area (Å²) in [6.07, 6.45) is 0. The summed E-state index contributed by atoms with van der Waals surface area (Å²) in [7, 11) is 0. The van der Waals surface area contributed by atoms with Crippen molar-refractivity contribution in [1.82, 2.24) is 0 Å². The summed E-state index contributed by atoms with van der Waals surface area (Å²) in [6, 6.07) is 11.6. The minimum Gasteiger partial charge on any atom is -0.351 e. The molecule has 13 heavy (non-hydrogen) atoms. The second kappa shape index (κ2) is 2.80. The lowest BCUT2D eigenvalue weighted by Gasteiger charge is -2.01. The van der Waals surface area contributed by atoms with Gasteiger partial charge in [0.15, 0.2) is 0 Å². The number of anilines is 1. The van der Waals surface area contributed by atoms with E-state index in [0.29, 0.717) is 5.56 Å². The monoisotopic (exact) mass is 169 g/mol. The first kappa shape index (κ1) is 7.64. The van der Waals surface area contributed by atoms with Gasteiger partial charge in [-0.15, -0.1) is 0 Å². The van der Waals surface area contributed by atoms with Gasteiger partial charge in [-0.2, -0.15) is 10.5 Å². The van der Waals surface area contributed by atoms with Crippen LogP contribution >= 0.6 is 0 Å². The minimum atomic E-state index is 0.00828. The van der Waals surface area contributed by atoms with Crippen molar-refractivity contribution >= 4 is 5.69 Å². The van der Waals surface area contributed by atoms with E-state index in [-0.39, 0.29) is 6.04 Å². The zero-order chi connectivity index (χ0) is 9.26. The van der Waals surface area contributed by atoms with Crippen molar-refractivity contribution in [1.29, 1.82) is 10.5 Å². The van der Waals surface area contributed by atoms with Crippen LogP contribution in [0.15, 0.2) is 24.3 Å². The third-order valence-corrected chi connectivity index (χ3v) is 2.07. The van der Waals surface area contributed by atoms with Crippen molar-refractivity contribution in [3.63, 3.8) is 0 Å². The van der Waals surface area contributed by atoms with Crippen molar-refractivity contribution in [2.75, 3.05) is 11.4 Å². The fourth-order valence-electron chi connectivity index (χ4n) is 1.29. The van der Waals surface area contributed by atoms with E-state index in [4.69, 9.17) is 10.5 Å². The first-order valence-corrected chi connectivity index (χ1v) is 4.01. The molecule has 0 aliphatic carbocycles. The predicted octanol–water partition coefficient (Wildman–Crippen LogP) is 1.27. The Morgan fingerprint density at radius 3 is 2.85 bits per heavy atom. The SMILES string of the molecule is N#Cc1cccc(N2CC2C#N)c1. The number of hydrogen-bond donors (Lipinski definition) is 0. The fourth-order valence-corrected chi connectivity index (χ4v) is 1.29. The Balaban J connectivity index is 2.25. The highest BCUT2D eigenvalue weighted by Gasteiger charge is 2.33. The van der Waals surface area contributed by atoms with E-state index in [1.165, 1.54) is 0 Å². The van der Waals surface area contributed by atoms with Gasteiger partial charge in [-0.25, -0.2) is 0 Å². The normalized spacial score (nSPS) is 18.9. The zero-order valence-corrected chi connectivity index (χ0v) is 6.94. The van der Waals surface area contributed by atoms with Gasteiger partial charge in [0.2, 0.25) is 0 Å². The Bertz CT molecular complexity index is 411. The molecule has 1 aliphatic rings. The van der Waals surface area contributed by atoms with E-state index in [1.54, 1.807) is 12.1 Å². The van der Waals surface area contributed by atoms with Gasteiger partial charge in [-0.1, -0.05) is 6.07 Å².